The molecule has 1 amide bonds. The highest BCUT2D eigenvalue weighted by atomic mass is 35.5. The zero-order valence-electron chi connectivity index (χ0n) is 13.2. The summed E-state index contributed by atoms with van der Waals surface area (Å²) in [5, 5.41) is 1.53. The molecule has 0 atom stereocenters. The van der Waals surface area contributed by atoms with Crippen molar-refractivity contribution in [2.45, 2.75) is 11.9 Å². The Morgan fingerprint density at radius 3 is 2.74 bits per heavy atom. The van der Waals surface area contributed by atoms with Gasteiger partial charge in [0.2, 0.25) is 0 Å². The Labute approximate surface area is 145 Å². The van der Waals surface area contributed by atoms with Crippen molar-refractivity contribution in [1.82, 2.24) is 9.88 Å². The third-order valence-electron chi connectivity index (χ3n) is 3.13. The lowest BCUT2D eigenvalue weighted by Crippen LogP contribution is -2.30. The summed E-state index contributed by atoms with van der Waals surface area (Å²) in [6, 6.07) is 10.7. The minimum Gasteiger partial charge on any atom is -0.492 e. The normalized spacial score (nSPS) is 10.4. The van der Waals surface area contributed by atoms with Crippen LogP contribution in [-0.4, -0.2) is 41.7 Å². The molecule has 0 N–H and O–H groups in total. The second kappa shape index (κ2) is 8.79. The molecule has 23 heavy (non-hydrogen) atoms. The lowest BCUT2D eigenvalue weighted by molar-refractivity contribution is 0.0773. The summed E-state index contributed by atoms with van der Waals surface area (Å²) >= 11 is 7.44. The van der Waals surface area contributed by atoms with Crippen molar-refractivity contribution in [3.63, 3.8) is 0 Å². The molecule has 1 aromatic carbocycles. The first-order valence-electron chi connectivity index (χ1n) is 7.33. The van der Waals surface area contributed by atoms with Gasteiger partial charge >= 0.3 is 0 Å². The van der Waals surface area contributed by atoms with Crippen LogP contribution in [0.15, 0.2) is 47.6 Å². The number of hydrogen-bond acceptors (Lipinski definition) is 4. The summed E-state index contributed by atoms with van der Waals surface area (Å²) in [7, 11) is 1.76. The lowest BCUT2D eigenvalue weighted by Gasteiger charge is -2.17. The first kappa shape index (κ1) is 17.6. The quantitative estimate of drug-likeness (QED) is 0.708. The van der Waals surface area contributed by atoms with Crippen LogP contribution in [0.4, 0.5) is 0 Å². The Bertz CT molecular complexity index is 649. The molecule has 0 radical (unpaired) electrons. The number of pyridine rings is 1. The molecule has 1 aromatic heterocycles. The van der Waals surface area contributed by atoms with E-state index in [0.29, 0.717) is 23.7 Å². The van der Waals surface area contributed by atoms with E-state index in [2.05, 4.69) is 11.9 Å². The van der Waals surface area contributed by atoms with Crippen LogP contribution in [0, 0.1) is 0 Å². The SMILES string of the molecule is CCSc1cc(C(=O)N(C)CCOc2ccc(Cl)cc2)ccn1. The Balaban J connectivity index is 1.87. The molecular formula is C17H19ClN2O2S. The average molecular weight is 351 g/mol. The third-order valence-corrected chi connectivity index (χ3v) is 4.19. The van der Waals surface area contributed by atoms with Crippen LogP contribution < -0.4 is 4.74 Å². The smallest absolute Gasteiger partial charge is 0.253 e. The van der Waals surface area contributed by atoms with E-state index in [1.54, 1.807) is 60.2 Å². The number of likely N-dealkylation sites (N-methyl/N-ethyl adjacent to an activating group) is 1. The fourth-order valence-corrected chi connectivity index (χ4v) is 2.69. The molecule has 0 aliphatic carbocycles. The summed E-state index contributed by atoms with van der Waals surface area (Å²) < 4.78 is 5.61. The minimum atomic E-state index is -0.0370. The van der Waals surface area contributed by atoms with E-state index in [1.807, 2.05) is 6.07 Å². The van der Waals surface area contributed by atoms with Crippen LogP contribution >= 0.6 is 23.4 Å². The van der Waals surface area contributed by atoms with Gasteiger partial charge in [0.15, 0.2) is 0 Å². The molecule has 0 aliphatic heterocycles. The molecule has 0 bridgehead atoms. The first-order valence-corrected chi connectivity index (χ1v) is 8.69. The van der Waals surface area contributed by atoms with Gasteiger partial charge in [-0.3, -0.25) is 4.79 Å². The summed E-state index contributed by atoms with van der Waals surface area (Å²) in [5.74, 6) is 1.63. The predicted octanol–water partition coefficient (Wildman–Crippen LogP) is 4.00. The molecule has 0 aliphatic rings. The van der Waals surface area contributed by atoms with Crippen LogP contribution in [0.3, 0.4) is 0 Å². The number of thioether (sulfide) groups is 1. The van der Waals surface area contributed by atoms with Gasteiger partial charge in [-0.2, -0.15) is 0 Å². The number of nitrogens with zero attached hydrogens (tertiary/aromatic N) is 2. The van der Waals surface area contributed by atoms with Gasteiger partial charge in [-0.15, -0.1) is 11.8 Å². The molecule has 1 heterocycles. The van der Waals surface area contributed by atoms with Crippen molar-refractivity contribution in [3.05, 3.63) is 53.2 Å². The highest BCUT2D eigenvalue weighted by molar-refractivity contribution is 7.99. The van der Waals surface area contributed by atoms with E-state index in [-0.39, 0.29) is 5.91 Å². The van der Waals surface area contributed by atoms with Crippen LogP contribution in [0.2, 0.25) is 5.02 Å². The topological polar surface area (TPSA) is 42.4 Å². The molecule has 2 rings (SSSR count). The minimum absolute atomic E-state index is 0.0370. The number of carbonyl (C=O) groups is 1. The van der Waals surface area contributed by atoms with Gasteiger partial charge in [-0.05, 0) is 42.2 Å². The van der Waals surface area contributed by atoms with Crippen LogP contribution in [-0.2, 0) is 0 Å². The predicted molar refractivity (Wildman–Crippen MR) is 94.5 cm³/mol. The Hall–Kier alpha value is -1.72. The maximum atomic E-state index is 12.4. The fraction of sp³-hybridized carbons (Fsp3) is 0.294. The molecule has 2 aromatic rings. The first-order chi connectivity index (χ1) is 11.1. The average Bonchev–Trinajstić information content (AvgIpc) is 2.56. The number of ether oxygens (including phenoxy) is 1. The second-order valence-electron chi connectivity index (χ2n) is 4.84. The van der Waals surface area contributed by atoms with Crippen molar-refractivity contribution >= 4 is 29.3 Å². The second-order valence-corrected chi connectivity index (χ2v) is 6.57. The van der Waals surface area contributed by atoms with E-state index in [1.165, 1.54) is 0 Å². The molecule has 122 valence electrons. The fourth-order valence-electron chi connectivity index (χ4n) is 1.92. The maximum Gasteiger partial charge on any atom is 0.253 e. The lowest BCUT2D eigenvalue weighted by atomic mass is 10.2. The monoisotopic (exact) mass is 350 g/mol. The zero-order chi connectivity index (χ0) is 16.7. The van der Waals surface area contributed by atoms with Gasteiger partial charge in [-0.1, -0.05) is 18.5 Å². The summed E-state index contributed by atoms with van der Waals surface area (Å²) in [6.45, 7) is 2.98. The van der Waals surface area contributed by atoms with Crippen LogP contribution in [0.5, 0.6) is 5.75 Å². The Kier molecular flexibility index (Phi) is 6.74. The maximum absolute atomic E-state index is 12.4. The Morgan fingerprint density at radius 2 is 2.04 bits per heavy atom. The molecule has 0 fully saturated rings. The van der Waals surface area contributed by atoms with E-state index in [4.69, 9.17) is 16.3 Å². The summed E-state index contributed by atoms with van der Waals surface area (Å²) in [4.78, 5) is 18.3. The molecule has 4 nitrogen and oxygen atoms in total. The van der Waals surface area contributed by atoms with E-state index < -0.39 is 0 Å². The number of hydrogen-bond donors (Lipinski definition) is 0. The molecule has 6 heteroatoms. The van der Waals surface area contributed by atoms with E-state index in [9.17, 15) is 4.79 Å². The number of amides is 1. The van der Waals surface area contributed by atoms with Crippen LogP contribution in [0.1, 0.15) is 17.3 Å². The van der Waals surface area contributed by atoms with Gasteiger partial charge in [0, 0.05) is 23.8 Å². The van der Waals surface area contributed by atoms with E-state index >= 15 is 0 Å². The van der Waals surface area contributed by atoms with Crippen LogP contribution in [0.25, 0.3) is 0 Å². The number of carbonyl (C=O) groups excluding carboxylic acids is 1. The number of benzene rings is 1. The van der Waals surface area contributed by atoms with E-state index in [0.717, 1.165) is 16.5 Å². The number of halogens is 1. The zero-order valence-corrected chi connectivity index (χ0v) is 14.7. The number of aromatic nitrogens is 1. The molecule has 0 saturated carbocycles. The highest BCUT2D eigenvalue weighted by Crippen LogP contribution is 2.17. The van der Waals surface area contributed by atoms with Crippen molar-refractivity contribution in [1.29, 1.82) is 0 Å². The van der Waals surface area contributed by atoms with Crippen molar-refractivity contribution in [2.75, 3.05) is 26.0 Å². The van der Waals surface area contributed by atoms with Gasteiger partial charge in [-0.25, -0.2) is 4.98 Å². The van der Waals surface area contributed by atoms with Gasteiger partial charge < -0.3 is 9.64 Å². The summed E-state index contributed by atoms with van der Waals surface area (Å²) in [6.07, 6.45) is 1.67. The van der Waals surface area contributed by atoms with Gasteiger partial charge in [0.05, 0.1) is 11.6 Å². The molecule has 0 saturated heterocycles. The largest absolute Gasteiger partial charge is 0.492 e. The van der Waals surface area contributed by atoms with Gasteiger partial charge in [0.1, 0.15) is 12.4 Å². The highest BCUT2D eigenvalue weighted by Gasteiger charge is 2.12. The van der Waals surface area contributed by atoms with Crippen molar-refractivity contribution < 1.29 is 9.53 Å². The van der Waals surface area contributed by atoms with Crippen molar-refractivity contribution in [2.24, 2.45) is 0 Å². The molecule has 0 spiro atoms. The van der Waals surface area contributed by atoms with Gasteiger partial charge in [0.25, 0.3) is 5.91 Å². The third kappa shape index (κ3) is 5.44. The standard InChI is InChI=1S/C17H19ClN2O2S/c1-3-23-16-12-13(8-9-19-16)17(21)20(2)10-11-22-15-6-4-14(18)5-7-15/h4-9,12H,3,10-11H2,1-2H3. The number of rotatable bonds is 7. The molecule has 0 unspecified atom stereocenters. The summed E-state index contributed by atoms with van der Waals surface area (Å²) in [5.41, 5.74) is 0.643. The Morgan fingerprint density at radius 1 is 1.30 bits per heavy atom. The van der Waals surface area contributed by atoms with Crippen molar-refractivity contribution in [3.8, 4) is 5.75 Å². The molecular weight excluding hydrogens is 332 g/mol.